The van der Waals surface area contributed by atoms with Crippen LogP contribution in [0, 0.1) is 18.3 Å². The predicted octanol–water partition coefficient (Wildman–Crippen LogP) is 1.68. The monoisotopic (exact) mass is 287 g/mol. The first-order valence-corrected chi connectivity index (χ1v) is 6.23. The number of azo groups is 1. The van der Waals surface area contributed by atoms with Crippen LogP contribution in [0.25, 0.3) is 0 Å². The van der Waals surface area contributed by atoms with Gasteiger partial charge in [0.05, 0.1) is 0 Å². The number of hydrogen-bond acceptors (Lipinski definition) is 7. The van der Waals surface area contributed by atoms with Gasteiger partial charge in [0, 0.05) is 12.1 Å². The average Bonchev–Trinajstić information content (AvgIpc) is 2.97. The minimum Gasteiger partial charge on any atom is -0.493 e. The standard InChI is InChI=1S/C12H13N7O2/c1-3-4-19-10(20)8(5-13)7(2)9(11(19)21)16-18-12-14-6-15-17-12/h6,20H,3-4H2,1-2H3,(H,14,15,17). The SMILES string of the molecule is CCCn1c(O)c(C#N)c(C)c(N=Nc2ncn[nH]2)c1=O. The smallest absolute Gasteiger partial charge is 0.281 e. The van der Waals surface area contributed by atoms with Gasteiger partial charge in [-0.15, -0.1) is 10.2 Å². The van der Waals surface area contributed by atoms with Crippen molar-refractivity contribution in [3.05, 3.63) is 27.8 Å². The fraction of sp³-hybridized carbons (Fsp3) is 0.333. The van der Waals surface area contributed by atoms with Crippen LogP contribution < -0.4 is 5.56 Å². The molecule has 0 bridgehead atoms. The lowest BCUT2D eigenvalue weighted by atomic mass is 10.1. The van der Waals surface area contributed by atoms with E-state index in [0.29, 0.717) is 6.42 Å². The second kappa shape index (κ2) is 5.96. The molecule has 0 aromatic carbocycles. The number of nitrogens with one attached hydrogen (secondary N) is 1. The van der Waals surface area contributed by atoms with Crippen LogP contribution in [0.1, 0.15) is 24.5 Å². The van der Waals surface area contributed by atoms with Gasteiger partial charge >= 0.3 is 0 Å². The molecule has 0 fully saturated rings. The van der Waals surface area contributed by atoms with Crippen molar-refractivity contribution >= 4 is 11.6 Å². The second-order valence-electron chi connectivity index (χ2n) is 4.25. The zero-order valence-corrected chi connectivity index (χ0v) is 11.5. The third-order valence-electron chi connectivity index (χ3n) is 2.86. The van der Waals surface area contributed by atoms with Gasteiger partial charge in [-0.3, -0.25) is 9.36 Å². The van der Waals surface area contributed by atoms with E-state index < -0.39 is 5.56 Å². The molecule has 2 aromatic heterocycles. The van der Waals surface area contributed by atoms with Gasteiger partial charge in [0.25, 0.3) is 11.5 Å². The molecular formula is C12H13N7O2. The summed E-state index contributed by atoms with van der Waals surface area (Å²) in [5, 5.41) is 32.8. The minimum absolute atomic E-state index is 0.00537. The molecule has 0 saturated heterocycles. The number of H-pyrrole nitrogens is 1. The molecule has 0 spiro atoms. The highest BCUT2D eigenvalue weighted by Gasteiger charge is 2.18. The highest BCUT2D eigenvalue weighted by Crippen LogP contribution is 2.26. The maximum Gasteiger partial charge on any atom is 0.281 e. The molecule has 21 heavy (non-hydrogen) atoms. The lowest BCUT2D eigenvalue weighted by molar-refractivity contribution is 0.402. The van der Waals surface area contributed by atoms with Crippen molar-refractivity contribution in [1.82, 2.24) is 19.7 Å². The Balaban J connectivity index is 2.62. The third kappa shape index (κ3) is 2.64. The van der Waals surface area contributed by atoms with Crippen molar-refractivity contribution in [3.63, 3.8) is 0 Å². The van der Waals surface area contributed by atoms with Crippen LogP contribution >= 0.6 is 0 Å². The summed E-state index contributed by atoms with van der Waals surface area (Å²) in [7, 11) is 0. The number of aromatic hydroxyl groups is 1. The summed E-state index contributed by atoms with van der Waals surface area (Å²) < 4.78 is 1.11. The van der Waals surface area contributed by atoms with E-state index in [2.05, 4.69) is 25.4 Å². The summed E-state index contributed by atoms with van der Waals surface area (Å²) in [4.78, 5) is 16.1. The van der Waals surface area contributed by atoms with Crippen LogP contribution in [-0.4, -0.2) is 24.9 Å². The van der Waals surface area contributed by atoms with Crippen LogP contribution in [0.4, 0.5) is 11.6 Å². The quantitative estimate of drug-likeness (QED) is 0.825. The maximum atomic E-state index is 12.3. The average molecular weight is 287 g/mol. The van der Waals surface area contributed by atoms with Crippen LogP contribution in [-0.2, 0) is 6.54 Å². The first-order valence-electron chi connectivity index (χ1n) is 6.23. The molecule has 9 nitrogen and oxygen atoms in total. The Labute approximate surface area is 119 Å². The van der Waals surface area contributed by atoms with Gasteiger partial charge in [0.2, 0.25) is 5.88 Å². The Morgan fingerprint density at radius 1 is 1.52 bits per heavy atom. The van der Waals surface area contributed by atoms with E-state index in [0.717, 1.165) is 4.57 Å². The second-order valence-corrected chi connectivity index (χ2v) is 4.25. The zero-order chi connectivity index (χ0) is 15.4. The minimum atomic E-state index is -0.505. The highest BCUT2D eigenvalue weighted by molar-refractivity contribution is 5.56. The van der Waals surface area contributed by atoms with Crippen molar-refractivity contribution in [2.24, 2.45) is 10.2 Å². The molecule has 2 rings (SSSR count). The summed E-state index contributed by atoms with van der Waals surface area (Å²) in [5.41, 5.74) is -0.228. The third-order valence-corrected chi connectivity index (χ3v) is 2.86. The van der Waals surface area contributed by atoms with Gasteiger partial charge < -0.3 is 5.11 Å². The lowest BCUT2D eigenvalue weighted by Gasteiger charge is -2.11. The summed E-state index contributed by atoms with van der Waals surface area (Å²) in [6.45, 7) is 3.67. The van der Waals surface area contributed by atoms with Gasteiger partial charge in [0.1, 0.15) is 18.0 Å². The number of nitriles is 1. The number of aromatic amines is 1. The Morgan fingerprint density at radius 3 is 2.86 bits per heavy atom. The van der Waals surface area contributed by atoms with Crippen molar-refractivity contribution in [3.8, 4) is 11.9 Å². The maximum absolute atomic E-state index is 12.3. The Morgan fingerprint density at radius 2 is 2.29 bits per heavy atom. The van der Waals surface area contributed by atoms with Gasteiger partial charge in [0.15, 0.2) is 5.69 Å². The van der Waals surface area contributed by atoms with E-state index in [-0.39, 0.29) is 35.2 Å². The summed E-state index contributed by atoms with van der Waals surface area (Å²) in [6.07, 6.45) is 1.88. The van der Waals surface area contributed by atoms with Gasteiger partial charge in [-0.1, -0.05) is 6.92 Å². The van der Waals surface area contributed by atoms with Crippen molar-refractivity contribution in [2.75, 3.05) is 0 Å². The number of aromatic nitrogens is 4. The molecular weight excluding hydrogens is 274 g/mol. The Bertz CT molecular complexity index is 768. The molecule has 9 heteroatoms. The molecule has 0 unspecified atom stereocenters. The molecule has 0 amide bonds. The fourth-order valence-corrected chi connectivity index (χ4v) is 1.83. The summed E-state index contributed by atoms with van der Waals surface area (Å²) >= 11 is 0. The highest BCUT2D eigenvalue weighted by atomic mass is 16.3. The normalized spacial score (nSPS) is 10.9. The molecule has 2 N–H and O–H groups in total. The molecule has 0 aliphatic carbocycles. The van der Waals surface area contributed by atoms with Gasteiger partial charge in [-0.05, 0) is 13.3 Å². The van der Waals surface area contributed by atoms with E-state index in [1.807, 2.05) is 13.0 Å². The number of hydrogen-bond donors (Lipinski definition) is 2. The topological polar surface area (TPSA) is 132 Å². The van der Waals surface area contributed by atoms with Crippen LogP contribution in [0.5, 0.6) is 5.88 Å². The molecule has 108 valence electrons. The molecule has 0 radical (unpaired) electrons. The molecule has 0 aliphatic rings. The van der Waals surface area contributed by atoms with Crippen molar-refractivity contribution in [1.29, 1.82) is 5.26 Å². The van der Waals surface area contributed by atoms with Crippen LogP contribution in [0.15, 0.2) is 21.4 Å². The van der Waals surface area contributed by atoms with Crippen molar-refractivity contribution < 1.29 is 5.11 Å². The van der Waals surface area contributed by atoms with Crippen molar-refractivity contribution in [2.45, 2.75) is 26.8 Å². The first-order chi connectivity index (χ1) is 10.1. The zero-order valence-electron chi connectivity index (χ0n) is 11.5. The predicted molar refractivity (Wildman–Crippen MR) is 72.7 cm³/mol. The van der Waals surface area contributed by atoms with Crippen LogP contribution in [0.3, 0.4) is 0 Å². The first kappa shape index (κ1) is 14.4. The van der Waals surface area contributed by atoms with E-state index in [4.69, 9.17) is 5.26 Å². The summed E-state index contributed by atoms with van der Waals surface area (Å²) in [5.74, 6) is -0.206. The van der Waals surface area contributed by atoms with E-state index >= 15 is 0 Å². The van der Waals surface area contributed by atoms with Gasteiger partial charge in [-0.25, -0.2) is 5.10 Å². The number of pyridine rings is 1. The molecule has 0 saturated carbocycles. The van der Waals surface area contributed by atoms with E-state index in [1.54, 1.807) is 0 Å². The number of nitrogens with zero attached hydrogens (tertiary/aromatic N) is 6. The molecule has 0 aliphatic heterocycles. The molecule has 0 atom stereocenters. The summed E-state index contributed by atoms with van der Waals surface area (Å²) in [6, 6.07) is 1.88. The largest absolute Gasteiger partial charge is 0.493 e. The fourth-order valence-electron chi connectivity index (χ4n) is 1.83. The molecule has 2 aromatic rings. The Hall–Kier alpha value is -3.02. The van der Waals surface area contributed by atoms with E-state index in [1.165, 1.54) is 13.3 Å². The number of rotatable bonds is 4. The Kier molecular flexibility index (Phi) is 4.08. The van der Waals surface area contributed by atoms with Crippen LogP contribution in [0.2, 0.25) is 0 Å². The van der Waals surface area contributed by atoms with E-state index in [9.17, 15) is 9.90 Å². The lowest BCUT2D eigenvalue weighted by Crippen LogP contribution is -2.21. The van der Waals surface area contributed by atoms with Gasteiger partial charge in [-0.2, -0.15) is 15.3 Å². The molecule has 2 heterocycles.